The third kappa shape index (κ3) is 2.73. The highest BCUT2D eigenvalue weighted by Crippen LogP contribution is 2.29. The fraction of sp³-hybridized carbons (Fsp3) is 0.308. The number of amides is 1. The minimum Gasteiger partial charge on any atom is -0.359 e. The Morgan fingerprint density at radius 2 is 2.21 bits per heavy atom. The van der Waals surface area contributed by atoms with E-state index in [1.54, 1.807) is 7.05 Å². The molecule has 3 rings (SSSR count). The first-order chi connectivity index (χ1) is 9.26. The van der Waals surface area contributed by atoms with Crippen LogP contribution in [0.2, 0.25) is 0 Å². The number of hydrogen-bond donors (Lipinski definition) is 2. The molecule has 0 saturated heterocycles. The molecule has 0 radical (unpaired) electrons. The molecule has 0 atom stereocenters. The standard InChI is InChI=1S/C13H14N4OS/c1-14-12(16-11(18)8-6-7-8)17-13-15-9-4-2-3-5-10(9)19-13/h2-5,8H,6-7H2,1H3,(H2,14,15,16,17,18). The molecule has 0 aliphatic heterocycles. The second-order valence-corrected chi connectivity index (χ2v) is 5.45. The lowest BCUT2D eigenvalue weighted by atomic mass is 10.3. The van der Waals surface area contributed by atoms with Gasteiger partial charge in [0.25, 0.3) is 0 Å². The average molecular weight is 274 g/mol. The van der Waals surface area contributed by atoms with Gasteiger partial charge in [-0.1, -0.05) is 23.5 Å². The fourth-order valence-corrected chi connectivity index (χ4v) is 2.56. The molecule has 1 amide bonds. The normalized spacial score (nSPS) is 15.5. The zero-order chi connectivity index (χ0) is 13.2. The second kappa shape index (κ2) is 4.97. The van der Waals surface area contributed by atoms with Crippen LogP contribution in [0.5, 0.6) is 0 Å². The monoisotopic (exact) mass is 274 g/mol. The van der Waals surface area contributed by atoms with Crippen LogP contribution in [0.25, 0.3) is 10.2 Å². The summed E-state index contributed by atoms with van der Waals surface area (Å²) in [4.78, 5) is 20.4. The van der Waals surface area contributed by atoms with Gasteiger partial charge in [-0.2, -0.15) is 4.99 Å². The molecule has 5 nitrogen and oxygen atoms in total. The largest absolute Gasteiger partial charge is 0.359 e. The first-order valence-corrected chi connectivity index (χ1v) is 7.01. The number of carbonyl (C=O) groups is 1. The van der Waals surface area contributed by atoms with E-state index >= 15 is 0 Å². The predicted molar refractivity (Wildman–Crippen MR) is 76.6 cm³/mol. The van der Waals surface area contributed by atoms with Gasteiger partial charge in [-0.05, 0) is 25.0 Å². The number of nitrogens with one attached hydrogen (secondary N) is 2. The first kappa shape index (κ1) is 12.1. The van der Waals surface area contributed by atoms with E-state index in [1.807, 2.05) is 24.3 Å². The van der Waals surface area contributed by atoms with Crippen molar-refractivity contribution in [2.45, 2.75) is 12.8 Å². The predicted octanol–water partition coefficient (Wildman–Crippen LogP) is 2.03. The number of guanidine groups is 1. The summed E-state index contributed by atoms with van der Waals surface area (Å²) in [7, 11) is 1.74. The van der Waals surface area contributed by atoms with Gasteiger partial charge in [0.15, 0.2) is 0 Å². The van der Waals surface area contributed by atoms with Crippen molar-refractivity contribution >= 4 is 38.6 Å². The number of fused-ring (bicyclic) bond motifs is 1. The third-order valence-corrected chi connectivity index (χ3v) is 3.85. The van der Waals surface area contributed by atoms with Crippen LogP contribution in [0.15, 0.2) is 29.3 Å². The Hall–Kier alpha value is -1.95. The molecule has 2 aromatic rings. The molecule has 1 aliphatic rings. The summed E-state index contributed by atoms with van der Waals surface area (Å²) in [5, 5.41) is 6.32. The van der Waals surface area contributed by atoms with Crippen molar-refractivity contribution in [2.24, 2.45) is 10.9 Å². The van der Waals surface area contributed by atoms with E-state index in [0.717, 1.165) is 23.1 Å². The Labute approximate surface area is 114 Å². The van der Waals surface area contributed by atoms with Gasteiger partial charge in [-0.3, -0.25) is 10.1 Å². The van der Waals surface area contributed by atoms with Crippen LogP contribution in [0.1, 0.15) is 12.8 Å². The van der Waals surface area contributed by atoms with E-state index in [9.17, 15) is 4.79 Å². The highest BCUT2D eigenvalue weighted by atomic mass is 32.1. The van der Waals surface area contributed by atoms with Gasteiger partial charge >= 0.3 is 0 Å². The molecule has 0 bridgehead atoms. The minimum atomic E-state index is 0.0363. The molecule has 6 heteroatoms. The van der Waals surface area contributed by atoms with E-state index < -0.39 is 0 Å². The van der Waals surface area contributed by atoms with Crippen molar-refractivity contribution in [1.82, 2.24) is 15.6 Å². The second-order valence-electron chi connectivity index (χ2n) is 4.44. The maximum absolute atomic E-state index is 11.7. The van der Waals surface area contributed by atoms with Crippen molar-refractivity contribution in [2.75, 3.05) is 7.05 Å². The van der Waals surface area contributed by atoms with Gasteiger partial charge in [0, 0.05) is 13.0 Å². The maximum Gasteiger partial charge on any atom is 0.229 e. The Bertz CT molecular complexity index is 612. The minimum absolute atomic E-state index is 0.0363. The van der Waals surface area contributed by atoms with Gasteiger partial charge in [-0.15, -0.1) is 0 Å². The Kier molecular flexibility index (Phi) is 3.16. The highest BCUT2D eigenvalue weighted by molar-refractivity contribution is 7.22. The van der Waals surface area contributed by atoms with Crippen molar-refractivity contribution in [1.29, 1.82) is 0 Å². The molecule has 1 aromatic carbocycles. The number of nitrogens with zero attached hydrogens (tertiary/aromatic N) is 2. The highest BCUT2D eigenvalue weighted by Gasteiger charge is 2.30. The van der Waals surface area contributed by atoms with Crippen molar-refractivity contribution in [3.63, 3.8) is 0 Å². The molecule has 98 valence electrons. The molecular weight excluding hydrogens is 260 g/mol. The number of hydrogen-bond acceptors (Lipinski definition) is 4. The molecule has 0 unspecified atom stereocenters. The summed E-state index contributed by atoms with van der Waals surface area (Å²) in [5.74, 6) is 0.652. The van der Waals surface area contributed by atoms with E-state index in [0.29, 0.717) is 11.1 Å². The van der Waals surface area contributed by atoms with Crippen LogP contribution in [0.3, 0.4) is 0 Å². The van der Waals surface area contributed by atoms with E-state index in [4.69, 9.17) is 0 Å². The number of carbonyl (C=O) groups excluding carboxylic acids is 1. The molecular formula is C13H14N4OS. The lowest BCUT2D eigenvalue weighted by molar-refractivity contribution is -0.120. The number of rotatable bonds is 2. The van der Waals surface area contributed by atoms with Crippen LogP contribution in [-0.4, -0.2) is 23.9 Å². The van der Waals surface area contributed by atoms with Crippen LogP contribution >= 0.6 is 11.3 Å². The summed E-state index contributed by atoms with van der Waals surface area (Å²) in [6.45, 7) is 0. The third-order valence-electron chi connectivity index (χ3n) is 2.92. The summed E-state index contributed by atoms with van der Waals surface area (Å²) in [6.07, 6.45) is 1.95. The molecule has 19 heavy (non-hydrogen) atoms. The lowest BCUT2D eigenvalue weighted by Crippen LogP contribution is -2.39. The van der Waals surface area contributed by atoms with Gasteiger partial charge in [0.05, 0.1) is 10.2 Å². The number of thiazole rings is 1. The summed E-state index contributed by atoms with van der Waals surface area (Å²) in [6, 6.07) is 7.88. The van der Waals surface area contributed by atoms with Crippen LogP contribution in [0, 0.1) is 5.92 Å². The number of benzene rings is 1. The van der Waals surface area contributed by atoms with Gasteiger partial charge < -0.3 is 5.32 Å². The summed E-state index contributed by atoms with van der Waals surface area (Å²) < 4.78 is 1.09. The van der Waals surface area contributed by atoms with Gasteiger partial charge in [0.1, 0.15) is 0 Å². The van der Waals surface area contributed by atoms with Crippen molar-refractivity contribution in [3.8, 4) is 0 Å². The average Bonchev–Trinajstić information content (AvgIpc) is 3.18. The SMILES string of the molecule is CN/C(=N\c1nc2ccccc2s1)NC(=O)C1CC1. The van der Waals surface area contributed by atoms with Crippen LogP contribution in [-0.2, 0) is 4.79 Å². The van der Waals surface area contributed by atoms with Crippen LogP contribution < -0.4 is 10.6 Å². The quantitative estimate of drug-likeness (QED) is 0.650. The first-order valence-electron chi connectivity index (χ1n) is 6.19. The van der Waals surface area contributed by atoms with Crippen LogP contribution in [0.4, 0.5) is 5.13 Å². The van der Waals surface area contributed by atoms with Crippen molar-refractivity contribution < 1.29 is 4.79 Å². The Balaban J connectivity index is 1.82. The van der Waals surface area contributed by atoms with E-state index in [2.05, 4.69) is 20.6 Å². The molecule has 2 N–H and O–H groups in total. The number of aromatic nitrogens is 1. The molecule has 1 fully saturated rings. The van der Waals surface area contributed by atoms with Gasteiger partial charge in [0.2, 0.25) is 17.0 Å². The fourth-order valence-electron chi connectivity index (χ4n) is 1.71. The molecule has 1 heterocycles. The number of aliphatic imine (C=N–C) groups is 1. The summed E-state index contributed by atoms with van der Waals surface area (Å²) in [5.41, 5.74) is 0.926. The van der Waals surface area contributed by atoms with E-state index in [1.165, 1.54) is 11.3 Å². The molecule has 1 aliphatic carbocycles. The van der Waals surface area contributed by atoms with Gasteiger partial charge in [-0.25, -0.2) is 4.98 Å². The zero-order valence-corrected chi connectivity index (χ0v) is 11.3. The molecule has 1 aromatic heterocycles. The van der Waals surface area contributed by atoms with Crippen molar-refractivity contribution in [3.05, 3.63) is 24.3 Å². The maximum atomic E-state index is 11.7. The molecule has 0 spiro atoms. The smallest absolute Gasteiger partial charge is 0.229 e. The van der Waals surface area contributed by atoms with E-state index in [-0.39, 0.29) is 11.8 Å². The molecule has 1 saturated carbocycles. The Morgan fingerprint density at radius 3 is 2.89 bits per heavy atom. The Morgan fingerprint density at radius 1 is 1.42 bits per heavy atom. The zero-order valence-electron chi connectivity index (χ0n) is 10.5. The number of para-hydroxylation sites is 1. The lowest BCUT2D eigenvalue weighted by Gasteiger charge is -2.05. The summed E-state index contributed by atoms with van der Waals surface area (Å²) >= 11 is 1.50. The topological polar surface area (TPSA) is 66.4 Å².